The van der Waals surface area contributed by atoms with Crippen LogP contribution in [0.5, 0.6) is 0 Å². The first kappa shape index (κ1) is 11.0. The molecule has 0 aliphatic carbocycles. The van der Waals surface area contributed by atoms with E-state index in [-0.39, 0.29) is 0 Å². The van der Waals surface area contributed by atoms with Crippen molar-refractivity contribution in [3.8, 4) is 0 Å². The van der Waals surface area contributed by atoms with Crippen LogP contribution < -0.4 is 5.32 Å². The summed E-state index contributed by atoms with van der Waals surface area (Å²) in [5, 5.41) is 3.61. The predicted molar refractivity (Wildman–Crippen MR) is 68.1 cm³/mol. The van der Waals surface area contributed by atoms with Gasteiger partial charge < -0.3 is 10.2 Å². The third kappa shape index (κ3) is 2.14. The minimum absolute atomic E-state index is 0.562. The minimum atomic E-state index is 0.562. The number of aromatic nitrogens is 2. The molecule has 0 amide bonds. The molecule has 1 atom stereocenters. The lowest BCUT2D eigenvalue weighted by Gasteiger charge is -2.45. The molecule has 3 fully saturated rings. The first-order valence-corrected chi connectivity index (χ1v) is 6.51. The molecule has 4 heterocycles. The van der Waals surface area contributed by atoms with Gasteiger partial charge in [-0.3, -0.25) is 4.98 Å². The van der Waals surface area contributed by atoms with E-state index in [1.165, 1.54) is 32.5 Å². The van der Waals surface area contributed by atoms with Crippen molar-refractivity contribution in [2.45, 2.75) is 32.7 Å². The topological polar surface area (TPSA) is 41.1 Å². The Morgan fingerprint density at radius 1 is 1.29 bits per heavy atom. The van der Waals surface area contributed by atoms with Crippen LogP contribution in [0.15, 0.2) is 6.20 Å². The van der Waals surface area contributed by atoms with E-state index in [1.54, 1.807) is 0 Å². The smallest absolute Gasteiger partial charge is 0.148 e. The van der Waals surface area contributed by atoms with Crippen LogP contribution in [0.2, 0.25) is 0 Å². The molecule has 1 aromatic rings. The molecule has 0 spiro atoms. The van der Waals surface area contributed by atoms with Crippen LogP contribution in [0.1, 0.15) is 24.2 Å². The highest BCUT2D eigenvalue weighted by molar-refractivity contribution is 5.41. The van der Waals surface area contributed by atoms with Crippen LogP contribution in [0.3, 0.4) is 0 Å². The van der Waals surface area contributed by atoms with E-state index in [4.69, 9.17) is 0 Å². The number of hydrogen-bond acceptors (Lipinski definition) is 4. The molecule has 1 N–H and O–H groups in total. The lowest BCUT2D eigenvalue weighted by Crippen LogP contribution is -2.53. The highest BCUT2D eigenvalue weighted by Crippen LogP contribution is 2.29. The first-order valence-electron chi connectivity index (χ1n) is 6.51. The fraction of sp³-hybridized carbons (Fsp3) is 0.692. The normalized spacial score (nSPS) is 31.5. The number of rotatable bonds is 2. The predicted octanol–water partition coefficient (Wildman–Crippen LogP) is 1.60. The Morgan fingerprint density at radius 2 is 2.06 bits per heavy atom. The van der Waals surface area contributed by atoms with Crippen molar-refractivity contribution >= 4 is 5.82 Å². The molecule has 3 saturated heterocycles. The second kappa shape index (κ2) is 4.26. The average Bonchev–Trinajstić information content (AvgIpc) is 2.35. The van der Waals surface area contributed by atoms with Gasteiger partial charge in [0.1, 0.15) is 5.82 Å². The van der Waals surface area contributed by atoms with Gasteiger partial charge in [0.2, 0.25) is 0 Å². The van der Waals surface area contributed by atoms with E-state index in [0.29, 0.717) is 6.04 Å². The number of anilines is 1. The Kier molecular flexibility index (Phi) is 2.74. The van der Waals surface area contributed by atoms with Gasteiger partial charge in [-0.05, 0) is 45.7 Å². The zero-order chi connectivity index (χ0) is 11.8. The minimum Gasteiger partial charge on any atom is -0.364 e. The molecule has 3 aliphatic rings. The second-order valence-electron chi connectivity index (χ2n) is 5.33. The zero-order valence-corrected chi connectivity index (χ0v) is 10.6. The van der Waals surface area contributed by atoms with Gasteiger partial charge in [-0.25, -0.2) is 4.98 Å². The van der Waals surface area contributed by atoms with Crippen molar-refractivity contribution in [2.75, 3.05) is 25.0 Å². The largest absolute Gasteiger partial charge is 0.364 e. The zero-order valence-electron chi connectivity index (χ0n) is 10.6. The van der Waals surface area contributed by atoms with Gasteiger partial charge >= 0.3 is 0 Å². The highest BCUT2D eigenvalue weighted by Gasteiger charge is 2.34. The molecule has 17 heavy (non-hydrogen) atoms. The highest BCUT2D eigenvalue weighted by atomic mass is 15.2. The maximum atomic E-state index is 4.56. The Morgan fingerprint density at radius 3 is 2.71 bits per heavy atom. The third-order valence-corrected chi connectivity index (χ3v) is 4.05. The van der Waals surface area contributed by atoms with Gasteiger partial charge in [0.05, 0.1) is 11.4 Å². The summed E-state index contributed by atoms with van der Waals surface area (Å²) in [6.07, 6.45) is 4.49. The second-order valence-corrected chi connectivity index (χ2v) is 5.33. The number of hydrogen-bond donors (Lipinski definition) is 1. The molecule has 0 aromatic carbocycles. The van der Waals surface area contributed by atoms with Gasteiger partial charge in [-0.1, -0.05) is 0 Å². The van der Waals surface area contributed by atoms with E-state index in [1.807, 2.05) is 20.0 Å². The molecule has 0 unspecified atom stereocenters. The van der Waals surface area contributed by atoms with Crippen molar-refractivity contribution in [1.29, 1.82) is 0 Å². The van der Waals surface area contributed by atoms with Crippen molar-refractivity contribution in [2.24, 2.45) is 5.92 Å². The van der Waals surface area contributed by atoms with Crippen molar-refractivity contribution < 1.29 is 0 Å². The summed E-state index contributed by atoms with van der Waals surface area (Å²) in [7, 11) is 0. The lowest BCUT2D eigenvalue weighted by molar-refractivity contribution is 0.0973. The molecule has 0 radical (unpaired) electrons. The van der Waals surface area contributed by atoms with Gasteiger partial charge in [0, 0.05) is 18.8 Å². The van der Waals surface area contributed by atoms with Gasteiger partial charge in [0.25, 0.3) is 0 Å². The molecule has 92 valence electrons. The van der Waals surface area contributed by atoms with Crippen LogP contribution in [-0.4, -0.2) is 40.5 Å². The van der Waals surface area contributed by atoms with Crippen molar-refractivity contribution in [3.63, 3.8) is 0 Å². The van der Waals surface area contributed by atoms with E-state index in [9.17, 15) is 0 Å². The number of aryl methyl sites for hydroxylation is 2. The lowest BCUT2D eigenvalue weighted by atomic mass is 9.84. The molecule has 3 aliphatic heterocycles. The molecular weight excluding hydrogens is 212 g/mol. The molecule has 1 aromatic heterocycles. The molecule has 4 rings (SSSR count). The molecular formula is C13H20N4. The van der Waals surface area contributed by atoms with Crippen LogP contribution in [0, 0.1) is 19.8 Å². The molecule has 4 nitrogen and oxygen atoms in total. The summed E-state index contributed by atoms with van der Waals surface area (Å²) in [6.45, 7) is 7.74. The fourth-order valence-electron chi connectivity index (χ4n) is 2.98. The third-order valence-electron chi connectivity index (χ3n) is 4.05. The summed E-state index contributed by atoms with van der Waals surface area (Å²) in [6, 6.07) is 0.562. The van der Waals surface area contributed by atoms with Gasteiger partial charge in [-0.2, -0.15) is 0 Å². The summed E-state index contributed by atoms with van der Waals surface area (Å²) in [5.41, 5.74) is 1.99. The quantitative estimate of drug-likeness (QED) is 0.841. The maximum absolute atomic E-state index is 4.56. The van der Waals surface area contributed by atoms with Crippen LogP contribution >= 0.6 is 0 Å². The summed E-state index contributed by atoms with van der Waals surface area (Å²) < 4.78 is 0. The average molecular weight is 232 g/mol. The summed E-state index contributed by atoms with van der Waals surface area (Å²) >= 11 is 0. The van der Waals surface area contributed by atoms with E-state index < -0.39 is 0 Å². The van der Waals surface area contributed by atoms with Gasteiger partial charge in [0.15, 0.2) is 0 Å². The Bertz CT molecular complexity index is 410. The van der Waals surface area contributed by atoms with E-state index in [2.05, 4.69) is 20.2 Å². The number of nitrogens with one attached hydrogen (secondary N) is 1. The SMILES string of the molecule is Cc1cnc(C)c(N[C@H]2CN3CCC2CC3)n1. The van der Waals surface area contributed by atoms with Gasteiger partial charge in [-0.15, -0.1) is 0 Å². The molecule has 0 saturated carbocycles. The van der Waals surface area contributed by atoms with E-state index in [0.717, 1.165) is 23.1 Å². The van der Waals surface area contributed by atoms with Crippen molar-refractivity contribution in [3.05, 3.63) is 17.6 Å². The fourth-order valence-corrected chi connectivity index (χ4v) is 2.98. The number of piperidine rings is 3. The Balaban J connectivity index is 1.76. The van der Waals surface area contributed by atoms with E-state index >= 15 is 0 Å². The molecule has 4 heteroatoms. The Hall–Kier alpha value is -1.16. The monoisotopic (exact) mass is 232 g/mol. The number of fused-ring (bicyclic) bond motifs is 3. The van der Waals surface area contributed by atoms with Crippen LogP contribution in [-0.2, 0) is 0 Å². The summed E-state index contributed by atoms with van der Waals surface area (Å²) in [5.74, 6) is 1.80. The molecule has 2 bridgehead atoms. The van der Waals surface area contributed by atoms with Crippen LogP contribution in [0.4, 0.5) is 5.82 Å². The first-order chi connectivity index (χ1) is 8.22. The maximum Gasteiger partial charge on any atom is 0.148 e. The number of nitrogens with zero attached hydrogens (tertiary/aromatic N) is 3. The van der Waals surface area contributed by atoms with Crippen LogP contribution in [0.25, 0.3) is 0 Å². The summed E-state index contributed by atoms with van der Waals surface area (Å²) in [4.78, 5) is 11.5. The van der Waals surface area contributed by atoms with Crippen molar-refractivity contribution in [1.82, 2.24) is 14.9 Å². The Labute approximate surface area is 102 Å². The standard InChI is InChI=1S/C13H20N4/c1-9-7-14-10(2)13(15-9)16-12-8-17-5-3-11(12)4-6-17/h7,11-12H,3-6,8H2,1-2H3,(H,15,16)/t12-/m0/s1.